The molecule has 2 amide bonds. The number of rotatable bonds is 4. The fourth-order valence-corrected chi connectivity index (χ4v) is 6.04. The van der Waals surface area contributed by atoms with Crippen LogP contribution in [0.1, 0.15) is 23.6 Å². The van der Waals surface area contributed by atoms with Gasteiger partial charge in [-0.05, 0) is 41.8 Å². The molecule has 2 aromatic carbocycles. The number of carbonyl (C=O) groups is 1. The first kappa shape index (κ1) is 18.5. The van der Waals surface area contributed by atoms with Gasteiger partial charge in [0.2, 0.25) is 0 Å². The maximum absolute atomic E-state index is 13.2. The molecular formula is C21H21N3O3S. The van der Waals surface area contributed by atoms with Crippen LogP contribution in [0.15, 0.2) is 48.5 Å². The van der Waals surface area contributed by atoms with E-state index in [1.165, 1.54) is 0 Å². The number of hydrogen-bond acceptors (Lipinski definition) is 4. The average Bonchev–Trinajstić information content (AvgIpc) is 3.12. The second-order valence-electron chi connectivity index (χ2n) is 7.32. The largest absolute Gasteiger partial charge is 0.325 e. The molecule has 0 aliphatic carbocycles. The standard InChI is InChI=1S/C21H21N3O3S/c1-2-15-6-8-18(9-7-15)24-20-14-28(26,27)13-19(20)23(21(24)25)12-17-5-3-4-16(10-17)11-22/h3-10,19-20H,2,12-14H2,1H3/t19-,20+/m1/s1. The van der Waals surface area contributed by atoms with Crippen LogP contribution < -0.4 is 4.90 Å². The molecule has 28 heavy (non-hydrogen) atoms. The summed E-state index contributed by atoms with van der Waals surface area (Å²) in [6.07, 6.45) is 0.899. The first-order valence-corrected chi connectivity index (χ1v) is 11.1. The van der Waals surface area contributed by atoms with E-state index in [1.807, 2.05) is 30.3 Å². The van der Waals surface area contributed by atoms with E-state index >= 15 is 0 Å². The molecule has 0 spiro atoms. The second-order valence-corrected chi connectivity index (χ2v) is 9.48. The molecule has 2 aliphatic heterocycles. The molecule has 2 aliphatic rings. The lowest BCUT2D eigenvalue weighted by atomic mass is 10.1. The number of sulfone groups is 1. The molecule has 2 saturated heterocycles. The van der Waals surface area contributed by atoms with Crippen LogP contribution in [0.2, 0.25) is 0 Å². The number of carbonyl (C=O) groups excluding carboxylic acids is 1. The molecule has 0 bridgehead atoms. The SMILES string of the molecule is CCc1ccc(N2C(=O)N(Cc3cccc(C#N)c3)[C@@H]3CS(=O)(=O)C[C@@H]32)cc1. The van der Waals surface area contributed by atoms with Gasteiger partial charge in [-0.2, -0.15) is 5.26 Å². The van der Waals surface area contributed by atoms with E-state index in [0.29, 0.717) is 5.56 Å². The molecule has 0 unspecified atom stereocenters. The quantitative estimate of drug-likeness (QED) is 0.746. The second kappa shape index (κ2) is 6.95. The molecule has 2 fully saturated rings. The molecule has 2 atom stereocenters. The normalized spacial score (nSPS) is 22.9. The zero-order valence-electron chi connectivity index (χ0n) is 15.6. The number of hydrogen-bond donors (Lipinski definition) is 0. The highest BCUT2D eigenvalue weighted by Gasteiger charge is 2.53. The van der Waals surface area contributed by atoms with Gasteiger partial charge < -0.3 is 4.90 Å². The van der Waals surface area contributed by atoms with Gasteiger partial charge in [0.25, 0.3) is 0 Å². The Balaban J connectivity index is 1.68. The highest BCUT2D eigenvalue weighted by Crippen LogP contribution is 2.36. The third kappa shape index (κ3) is 3.25. The Labute approximate surface area is 164 Å². The molecule has 7 heteroatoms. The minimum absolute atomic E-state index is 0.0202. The van der Waals surface area contributed by atoms with Gasteiger partial charge in [0, 0.05) is 12.2 Å². The molecule has 4 rings (SSSR count). The molecule has 144 valence electrons. The summed E-state index contributed by atoms with van der Waals surface area (Å²) in [6, 6.07) is 15.9. The smallest absolute Gasteiger partial charge is 0.314 e. The summed E-state index contributed by atoms with van der Waals surface area (Å²) in [5, 5.41) is 9.11. The summed E-state index contributed by atoms with van der Waals surface area (Å²) in [4.78, 5) is 16.5. The van der Waals surface area contributed by atoms with Gasteiger partial charge >= 0.3 is 6.03 Å². The predicted octanol–water partition coefficient (Wildman–Crippen LogP) is 2.73. The topological polar surface area (TPSA) is 81.5 Å². The first-order chi connectivity index (χ1) is 13.4. The number of fused-ring (bicyclic) bond motifs is 1. The summed E-state index contributed by atoms with van der Waals surface area (Å²) >= 11 is 0. The van der Waals surface area contributed by atoms with Crippen LogP contribution in [0.3, 0.4) is 0 Å². The number of aryl methyl sites for hydroxylation is 1. The van der Waals surface area contributed by atoms with Crippen LogP contribution in [-0.2, 0) is 22.8 Å². The Morgan fingerprint density at radius 1 is 1.07 bits per heavy atom. The van der Waals surface area contributed by atoms with Crippen LogP contribution in [-0.4, -0.2) is 42.9 Å². The minimum Gasteiger partial charge on any atom is -0.314 e. The number of urea groups is 1. The van der Waals surface area contributed by atoms with Crippen LogP contribution in [0.5, 0.6) is 0 Å². The van der Waals surface area contributed by atoms with Crippen molar-refractivity contribution >= 4 is 21.6 Å². The summed E-state index contributed by atoms with van der Waals surface area (Å²) in [6.45, 7) is 2.35. The number of amides is 2. The van der Waals surface area contributed by atoms with Crippen molar-refractivity contribution in [3.8, 4) is 6.07 Å². The Morgan fingerprint density at radius 3 is 2.46 bits per heavy atom. The van der Waals surface area contributed by atoms with E-state index in [4.69, 9.17) is 5.26 Å². The van der Waals surface area contributed by atoms with Gasteiger partial charge in [-0.15, -0.1) is 0 Å². The van der Waals surface area contributed by atoms with Crippen molar-refractivity contribution in [2.75, 3.05) is 16.4 Å². The van der Waals surface area contributed by atoms with Gasteiger partial charge in [-0.1, -0.05) is 31.2 Å². The van der Waals surface area contributed by atoms with Crippen LogP contribution in [0.4, 0.5) is 10.5 Å². The van der Waals surface area contributed by atoms with Gasteiger partial charge in [0.1, 0.15) is 0 Å². The highest BCUT2D eigenvalue weighted by molar-refractivity contribution is 7.91. The predicted molar refractivity (Wildman–Crippen MR) is 107 cm³/mol. The van der Waals surface area contributed by atoms with Gasteiger partial charge in [-0.3, -0.25) is 4.90 Å². The maximum Gasteiger partial charge on any atom is 0.325 e. The highest BCUT2D eigenvalue weighted by atomic mass is 32.2. The Kier molecular flexibility index (Phi) is 4.60. The summed E-state index contributed by atoms with van der Waals surface area (Å²) in [7, 11) is -3.21. The van der Waals surface area contributed by atoms with E-state index in [2.05, 4.69) is 13.0 Å². The molecule has 2 heterocycles. The molecule has 0 aromatic heterocycles. The summed E-state index contributed by atoms with van der Waals surface area (Å²) in [5.41, 5.74) is 3.23. The van der Waals surface area contributed by atoms with Crippen molar-refractivity contribution in [2.45, 2.75) is 32.0 Å². The minimum atomic E-state index is -3.21. The summed E-state index contributed by atoms with van der Waals surface area (Å²) < 4.78 is 24.6. The van der Waals surface area contributed by atoms with Crippen molar-refractivity contribution in [3.63, 3.8) is 0 Å². The lowest BCUT2D eigenvalue weighted by molar-refractivity contribution is 0.206. The lowest BCUT2D eigenvalue weighted by Crippen LogP contribution is -2.37. The molecule has 6 nitrogen and oxygen atoms in total. The lowest BCUT2D eigenvalue weighted by Gasteiger charge is -2.23. The van der Waals surface area contributed by atoms with E-state index in [1.54, 1.807) is 28.0 Å². The van der Waals surface area contributed by atoms with Crippen LogP contribution >= 0.6 is 0 Å². The molecule has 2 aromatic rings. The van der Waals surface area contributed by atoms with Crippen molar-refractivity contribution in [1.29, 1.82) is 5.26 Å². The van der Waals surface area contributed by atoms with Crippen molar-refractivity contribution in [3.05, 3.63) is 65.2 Å². The van der Waals surface area contributed by atoms with Crippen LogP contribution in [0, 0.1) is 11.3 Å². The van der Waals surface area contributed by atoms with Gasteiger partial charge in [0.15, 0.2) is 9.84 Å². The number of nitrogens with zero attached hydrogens (tertiary/aromatic N) is 3. The maximum atomic E-state index is 13.2. The van der Waals surface area contributed by atoms with E-state index in [-0.39, 0.29) is 36.2 Å². The number of anilines is 1. The molecule has 0 N–H and O–H groups in total. The Hall–Kier alpha value is -2.85. The van der Waals surface area contributed by atoms with E-state index < -0.39 is 9.84 Å². The summed E-state index contributed by atoms with van der Waals surface area (Å²) in [5.74, 6) is -0.0431. The van der Waals surface area contributed by atoms with Crippen molar-refractivity contribution in [2.24, 2.45) is 0 Å². The first-order valence-electron chi connectivity index (χ1n) is 9.30. The van der Waals surface area contributed by atoms with E-state index in [9.17, 15) is 13.2 Å². The Morgan fingerprint density at radius 2 is 1.79 bits per heavy atom. The van der Waals surface area contributed by atoms with Gasteiger partial charge in [0.05, 0.1) is 35.2 Å². The number of nitriles is 1. The van der Waals surface area contributed by atoms with Crippen molar-refractivity contribution < 1.29 is 13.2 Å². The van der Waals surface area contributed by atoms with Gasteiger partial charge in [-0.25, -0.2) is 13.2 Å². The third-order valence-electron chi connectivity index (χ3n) is 5.51. The average molecular weight is 395 g/mol. The fourth-order valence-electron chi connectivity index (χ4n) is 4.09. The molecule has 0 saturated carbocycles. The van der Waals surface area contributed by atoms with Crippen LogP contribution in [0.25, 0.3) is 0 Å². The Bertz CT molecular complexity index is 1060. The molecular weight excluding hydrogens is 374 g/mol. The number of benzene rings is 2. The zero-order valence-corrected chi connectivity index (χ0v) is 16.4. The zero-order chi connectivity index (χ0) is 19.9. The van der Waals surface area contributed by atoms with E-state index in [0.717, 1.165) is 23.2 Å². The molecule has 0 radical (unpaired) electrons. The third-order valence-corrected chi connectivity index (χ3v) is 7.21. The monoisotopic (exact) mass is 395 g/mol. The fraction of sp³-hybridized carbons (Fsp3) is 0.333. The van der Waals surface area contributed by atoms with Crippen molar-refractivity contribution in [1.82, 2.24) is 4.90 Å².